The Kier molecular flexibility index (Phi) is 6.31. The average Bonchev–Trinajstić information content (AvgIpc) is 3.00. The van der Waals surface area contributed by atoms with E-state index in [1.54, 1.807) is 0 Å². The molecule has 1 saturated carbocycles. The van der Waals surface area contributed by atoms with Crippen molar-refractivity contribution < 1.29 is 9.59 Å². The lowest BCUT2D eigenvalue weighted by atomic mass is 9.96. The van der Waals surface area contributed by atoms with Gasteiger partial charge in [0.1, 0.15) is 0 Å². The van der Waals surface area contributed by atoms with Crippen LogP contribution in [0.15, 0.2) is 30.3 Å². The molecule has 1 aliphatic heterocycles. The highest BCUT2D eigenvalue weighted by Gasteiger charge is 2.29. The topological polar surface area (TPSA) is 61.4 Å². The van der Waals surface area contributed by atoms with Gasteiger partial charge in [0.25, 0.3) is 0 Å². The second-order valence-corrected chi connectivity index (χ2v) is 7.33. The molecule has 3 rings (SSSR count). The maximum Gasteiger partial charge on any atom is 0.315 e. The van der Waals surface area contributed by atoms with Crippen molar-refractivity contribution in [1.29, 1.82) is 0 Å². The van der Waals surface area contributed by atoms with Gasteiger partial charge in [0, 0.05) is 38.0 Å². The molecule has 5 nitrogen and oxygen atoms in total. The van der Waals surface area contributed by atoms with Crippen molar-refractivity contribution in [2.75, 3.05) is 19.6 Å². The van der Waals surface area contributed by atoms with Crippen molar-refractivity contribution >= 4 is 11.9 Å². The Bertz CT molecular complexity index is 570. The molecule has 0 radical (unpaired) electrons. The molecule has 2 fully saturated rings. The van der Waals surface area contributed by atoms with Crippen molar-refractivity contribution in [3.63, 3.8) is 0 Å². The molecule has 1 aromatic carbocycles. The number of amides is 3. The zero-order valence-corrected chi connectivity index (χ0v) is 14.9. The maximum absolute atomic E-state index is 12.2. The van der Waals surface area contributed by atoms with E-state index < -0.39 is 0 Å². The number of carbonyl (C=O) groups is 2. The first-order valence-electron chi connectivity index (χ1n) is 9.57. The van der Waals surface area contributed by atoms with Gasteiger partial charge in [-0.2, -0.15) is 0 Å². The van der Waals surface area contributed by atoms with Gasteiger partial charge in [-0.05, 0) is 24.8 Å². The number of hydrogen-bond acceptors (Lipinski definition) is 2. The monoisotopic (exact) mass is 343 g/mol. The molecule has 5 heteroatoms. The third-order valence-corrected chi connectivity index (χ3v) is 5.30. The van der Waals surface area contributed by atoms with Gasteiger partial charge in [0.05, 0.1) is 0 Å². The number of rotatable bonds is 6. The molecule has 2 N–H and O–H groups in total. The minimum atomic E-state index is -0.0814. The van der Waals surface area contributed by atoms with E-state index in [2.05, 4.69) is 22.8 Å². The number of benzene rings is 1. The molecule has 3 amide bonds. The third kappa shape index (κ3) is 5.48. The molecule has 0 spiro atoms. The fourth-order valence-corrected chi connectivity index (χ4v) is 3.84. The number of nitrogens with zero attached hydrogens (tertiary/aromatic N) is 1. The molecule has 1 heterocycles. The third-order valence-electron chi connectivity index (χ3n) is 5.30. The molecule has 136 valence electrons. The van der Waals surface area contributed by atoms with Crippen LogP contribution in [-0.4, -0.2) is 42.5 Å². The van der Waals surface area contributed by atoms with Crippen molar-refractivity contribution in [2.45, 2.75) is 51.0 Å². The SMILES string of the molecule is O=C(NCC1CC(=O)N(CCc2ccccc2)C1)NC1CCCCC1. The number of likely N-dealkylation sites (tertiary alicyclic amines) is 1. The van der Waals surface area contributed by atoms with Crippen LogP contribution < -0.4 is 10.6 Å². The van der Waals surface area contributed by atoms with Gasteiger partial charge in [-0.25, -0.2) is 4.79 Å². The molecular weight excluding hydrogens is 314 g/mol. The summed E-state index contributed by atoms with van der Waals surface area (Å²) in [4.78, 5) is 26.1. The molecule has 2 aliphatic rings. The second kappa shape index (κ2) is 8.88. The van der Waals surface area contributed by atoms with E-state index >= 15 is 0 Å². The molecular formula is C20H29N3O2. The molecule has 0 bridgehead atoms. The number of hydrogen-bond donors (Lipinski definition) is 2. The van der Waals surface area contributed by atoms with Crippen LogP contribution in [0.2, 0.25) is 0 Å². The molecule has 1 saturated heterocycles. The van der Waals surface area contributed by atoms with Crippen LogP contribution >= 0.6 is 0 Å². The van der Waals surface area contributed by atoms with E-state index in [9.17, 15) is 9.59 Å². The Labute approximate surface area is 150 Å². The quantitative estimate of drug-likeness (QED) is 0.834. The zero-order chi connectivity index (χ0) is 17.5. The van der Waals surface area contributed by atoms with E-state index in [-0.39, 0.29) is 17.9 Å². The Balaban J connectivity index is 1.36. The Morgan fingerprint density at radius 3 is 2.64 bits per heavy atom. The van der Waals surface area contributed by atoms with Gasteiger partial charge in [-0.3, -0.25) is 4.79 Å². The summed E-state index contributed by atoms with van der Waals surface area (Å²) in [6.07, 6.45) is 7.29. The van der Waals surface area contributed by atoms with Crippen molar-refractivity contribution in [3.8, 4) is 0 Å². The van der Waals surface area contributed by atoms with Crippen LogP contribution in [0, 0.1) is 5.92 Å². The summed E-state index contributed by atoms with van der Waals surface area (Å²) in [5.74, 6) is 0.427. The van der Waals surface area contributed by atoms with Gasteiger partial charge in [-0.15, -0.1) is 0 Å². The smallest absolute Gasteiger partial charge is 0.315 e. The van der Waals surface area contributed by atoms with Gasteiger partial charge in [-0.1, -0.05) is 49.6 Å². The second-order valence-electron chi connectivity index (χ2n) is 7.33. The molecule has 1 aliphatic carbocycles. The summed E-state index contributed by atoms with van der Waals surface area (Å²) < 4.78 is 0. The first-order chi connectivity index (χ1) is 12.2. The van der Waals surface area contributed by atoms with E-state index in [4.69, 9.17) is 0 Å². The lowest BCUT2D eigenvalue weighted by molar-refractivity contribution is -0.127. The minimum Gasteiger partial charge on any atom is -0.342 e. The van der Waals surface area contributed by atoms with Crippen molar-refractivity contribution in [1.82, 2.24) is 15.5 Å². The van der Waals surface area contributed by atoms with Gasteiger partial charge < -0.3 is 15.5 Å². The molecule has 25 heavy (non-hydrogen) atoms. The first kappa shape index (κ1) is 17.8. The van der Waals surface area contributed by atoms with E-state index in [0.717, 1.165) is 32.4 Å². The van der Waals surface area contributed by atoms with Crippen LogP contribution in [0.4, 0.5) is 4.79 Å². The lowest BCUT2D eigenvalue weighted by Crippen LogP contribution is -2.44. The first-order valence-corrected chi connectivity index (χ1v) is 9.57. The van der Waals surface area contributed by atoms with E-state index in [1.807, 2.05) is 23.1 Å². The van der Waals surface area contributed by atoms with Gasteiger partial charge in [0.15, 0.2) is 0 Å². The largest absolute Gasteiger partial charge is 0.342 e. The van der Waals surface area contributed by atoms with Crippen LogP contribution in [0.25, 0.3) is 0 Å². The van der Waals surface area contributed by atoms with Gasteiger partial charge in [0.2, 0.25) is 5.91 Å². The Morgan fingerprint density at radius 2 is 1.88 bits per heavy atom. The van der Waals surface area contributed by atoms with Gasteiger partial charge >= 0.3 is 6.03 Å². The van der Waals surface area contributed by atoms with Crippen LogP contribution in [0.5, 0.6) is 0 Å². The fourth-order valence-electron chi connectivity index (χ4n) is 3.84. The fraction of sp³-hybridized carbons (Fsp3) is 0.600. The number of urea groups is 1. The summed E-state index contributed by atoms with van der Waals surface area (Å²) in [7, 11) is 0. The Morgan fingerprint density at radius 1 is 1.12 bits per heavy atom. The molecule has 1 unspecified atom stereocenters. The lowest BCUT2D eigenvalue weighted by Gasteiger charge is -2.23. The number of nitrogens with one attached hydrogen (secondary N) is 2. The van der Waals surface area contributed by atoms with Crippen LogP contribution in [-0.2, 0) is 11.2 Å². The van der Waals surface area contributed by atoms with E-state index in [0.29, 0.717) is 19.0 Å². The Hall–Kier alpha value is -2.04. The molecule has 0 aromatic heterocycles. The molecule has 1 aromatic rings. The highest BCUT2D eigenvalue weighted by molar-refractivity contribution is 5.79. The summed E-state index contributed by atoms with van der Waals surface area (Å²) in [6.45, 7) is 2.08. The van der Waals surface area contributed by atoms with Crippen LogP contribution in [0.1, 0.15) is 44.1 Å². The predicted octanol–water partition coefficient (Wildman–Crippen LogP) is 2.71. The number of carbonyl (C=O) groups excluding carboxylic acids is 2. The summed E-state index contributed by atoms with van der Waals surface area (Å²) in [5, 5.41) is 6.02. The average molecular weight is 343 g/mol. The van der Waals surface area contributed by atoms with E-state index in [1.165, 1.54) is 24.8 Å². The zero-order valence-electron chi connectivity index (χ0n) is 14.9. The molecule has 1 atom stereocenters. The minimum absolute atomic E-state index is 0.0814. The normalized spacial score (nSPS) is 21.4. The summed E-state index contributed by atoms with van der Waals surface area (Å²) >= 11 is 0. The van der Waals surface area contributed by atoms with Crippen LogP contribution in [0.3, 0.4) is 0 Å². The maximum atomic E-state index is 12.2. The highest BCUT2D eigenvalue weighted by atomic mass is 16.2. The summed E-state index contributed by atoms with van der Waals surface area (Å²) in [5.41, 5.74) is 1.25. The van der Waals surface area contributed by atoms with Crippen molar-refractivity contribution in [3.05, 3.63) is 35.9 Å². The standard InChI is InChI=1S/C20H29N3O2/c24-19-13-17(14-21-20(25)22-18-9-5-2-6-10-18)15-23(19)12-11-16-7-3-1-4-8-16/h1,3-4,7-8,17-18H,2,5-6,9-15H2,(H2,21,22,25). The summed E-state index contributed by atoms with van der Waals surface area (Å²) in [6, 6.07) is 10.5. The predicted molar refractivity (Wildman–Crippen MR) is 98.2 cm³/mol. The van der Waals surface area contributed by atoms with Crippen molar-refractivity contribution in [2.24, 2.45) is 5.92 Å². The highest BCUT2D eigenvalue weighted by Crippen LogP contribution is 2.19.